The summed E-state index contributed by atoms with van der Waals surface area (Å²) in [5, 5.41) is 8.86. The fraction of sp³-hybridized carbons (Fsp3) is 0.571. The summed E-state index contributed by atoms with van der Waals surface area (Å²) in [6.07, 6.45) is 2.17. The largest absolute Gasteiger partial charge is 0.396 e. The zero-order valence-electron chi connectivity index (χ0n) is 11.7. The minimum absolute atomic E-state index is 0.0661. The number of methoxy groups -OCH3 is 1. The van der Waals surface area contributed by atoms with E-state index in [2.05, 4.69) is 0 Å². The van der Waals surface area contributed by atoms with Crippen molar-refractivity contribution in [3.63, 3.8) is 0 Å². The van der Waals surface area contributed by atoms with Gasteiger partial charge in [0.1, 0.15) is 0 Å². The van der Waals surface area contributed by atoms with E-state index in [1.807, 2.05) is 0 Å². The van der Waals surface area contributed by atoms with Crippen LogP contribution in [-0.2, 0) is 21.2 Å². The summed E-state index contributed by atoms with van der Waals surface area (Å²) in [4.78, 5) is 0.315. The van der Waals surface area contributed by atoms with Crippen LogP contribution in [0, 0.1) is 0 Å². The summed E-state index contributed by atoms with van der Waals surface area (Å²) < 4.78 is 31.7. The lowest BCUT2D eigenvalue weighted by atomic mass is 10.1. The molecule has 1 N–H and O–H groups in total. The number of aliphatic hydroxyl groups is 1. The first-order valence-corrected chi connectivity index (χ1v) is 8.24. The molecular weight excluding hydrogens is 278 g/mol. The topological polar surface area (TPSA) is 66.8 Å². The zero-order valence-corrected chi connectivity index (χ0v) is 12.5. The van der Waals surface area contributed by atoms with Crippen molar-refractivity contribution in [2.24, 2.45) is 0 Å². The molecule has 0 aliphatic carbocycles. The molecule has 0 bridgehead atoms. The van der Waals surface area contributed by atoms with Crippen LogP contribution >= 0.6 is 0 Å². The van der Waals surface area contributed by atoms with Crippen molar-refractivity contribution in [1.82, 2.24) is 4.31 Å². The normalized spacial score (nSPS) is 18.3. The van der Waals surface area contributed by atoms with Crippen molar-refractivity contribution in [3.8, 4) is 0 Å². The monoisotopic (exact) mass is 299 g/mol. The Morgan fingerprint density at radius 3 is 2.35 bits per heavy atom. The number of ether oxygens (including phenoxy) is 1. The first kappa shape index (κ1) is 15.4. The summed E-state index contributed by atoms with van der Waals surface area (Å²) in [7, 11) is -1.75. The highest BCUT2D eigenvalue weighted by molar-refractivity contribution is 7.89. The fourth-order valence-electron chi connectivity index (χ4n) is 2.41. The standard InChI is InChI=1S/C14H21NO4S/c1-19-13-6-9-15(10-7-13)20(17,18)14-4-2-12(3-5-14)8-11-16/h2-5,13,16H,6-11H2,1H3. The highest BCUT2D eigenvalue weighted by Gasteiger charge is 2.29. The molecule has 5 nitrogen and oxygen atoms in total. The van der Waals surface area contributed by atoms with Gasteiger partial charge in [-0.1, -0.05) is 12.1 Å². The molecule has 6 heteroatoms. The van der Waals surface area contributed by atoms with E-state index in [0.29, 0.717) is 24.4 Å². The average Bonchev–Trinajstić information content (AvgIpc) is 2.48. The molecule has 112 valence electrons. The predicted molar refractivity (Wildman–Crippen MR) is 76.0 cm³/mol. The summed E-state index contributed by atoms with van der Waals surface area (Å²) in [5.74, 6) is 0. The number of piperidine rings is 1. The number of benzene rings is 1. The summed E-state index contributed by atoms with van der Waals surface area (Å²) in [6, 6.07) is 6.74. The molecule has 1 aromatic rings. The number of hydrogen-bond donors (Lipinski definition) is 1. The molecule has 0 radical (unpaired) electrons. The lowest BCUT2D eigenvalue weighted by Gasteiger charge is -2.30. The van der Waals surface area contributed by atoms with E-state index in [0.717, 1.165) is 18.4 Å². The zero-order chi connectivity index (χ0) is 14.6. The quantitative estimate of drug-likeness (QED) is 0.881. The molecule has 20 heavy (non-hydrogen) atoms. The van der Waals surface area contributed by atoms with Gasteiger partial charge >= 0.3 is 0 Å². The van der Waals surface area contributed by atoms with Crippen LogP contribution in [0.2, 0.25) is 0 Å². The van der Waals surface area contributed by atoms with Gasteiger partial charge in [0.15, 0.2) is 0 Å². The number of hydrogen-bond acceptors (Lipinski definition) is 4. The molecule has 0 amide bonds. The van der Waals surface area contributed by atoms with E-state index in [1.165, 1.54) is 4.31 Å². The Morgan fingerprint density at radius 1 is 1.25 bits per heavy atom. The second-order valence-electron chi connectivity index (χ2n) is 4.96. The van der Waals surface area contributed by atoms with Gasteiger partial charge in [-0.15, -0.1) is 0 Å². The average molecular weight is 299 g/mol. The van der Waals surface area contributed by atoms with Crippen LogP contribution in [0.1, 0.15) is 18.4 Å². The third kappa shape index (κ3) is 3.38. The van der Waals surface area contributed by atoms with E-state index in [-0.39, 0.29) is 12.7 Å². The van der Waals surface area contributed by atoms with Gasteiger partial charge < -0.3 is 9.84 Å². The highest BCUT2D eigenvalue weighted by atomic mass is 32.2. The predicted octanol–water partition coefficient (Wildman–Crippen LogP) is 1.02. The first-order valence-electron chi connectivity index (χ1n) is 6.80. The van der Waals surface area contributed by atoms with Crippen LogP contribution in [0.4, 0.5) is 0 Å². The molecule has 1 aromatic carbocycles. The van der Waals surface area contributed by atoms with E-state index >= 15 is 0 Å². The number of rotatable bonds is 5. The molecular formula is C14H21NO4S. The number of aliphatic hydroxyl groups excluding tert-OH is 1. The highest BCUT2D eigenvalue weighted by Crippen LogP contribution is 2.22. The smallest absolute Gasteiger partial charge is 0.243 e. The molecule has 0 saturated carbocycles. The van der Waals surface area contributed by atoms with E-state index in [1.54, 1.807) is 31.4 Å². The van der Waals surface area contributed by atoms with Crippen LogP contribution in [-0.4, -0.2) is 50.7 Å². The van der Waals surface area contributed by atoms with Gasteiger partial charge in [0, 0.05) is 26.8 Å². The van der Waals surface area contributed by atoms with E-state index in [9.17, 15) is 8.42 Å². The SMILES string of the molecule is COC1CCN(S(=O)(=O)c2ccc(CCO)cc2)CC1. The van der Waals surface area contributed by atoms with Gasteiger partial charge in [-0.05, 0) is 37.0 Å². The Balaban J connectivity index is 2.10. The lowest BCUT2D eigenvalue weighted by molar-refractivity contribution is 0.0604. The minimum Gasteiger partial charge on any atom is -0.396 e. The molecule has 0 atom stereocenters. The second kappa shape index (κ2) is 6.67. The van der Waals surface area contributed by atoms with Crippen LogP contribution in [0.15, 0.2) is 29.2 Å². The van der Waals surface area contributed by atoms with Crippen molar-refractivity contribution in [3.05, 3.63) is 29.8 Å². The Morgan fingerprint density at radius 2 is 1.85 bits per heavy atom. The van der Waals surface area contributed by atoms with Crippen molar-refractivity contribution < 1.29 is 18.3 Å². The van der Waals surface area contributed by atoms with Gasteiger partial charge in [0.05, 0.1) is 11.0 Å². The van der Waals surface area contributed by atoms with Gasteiger partial charge in [-0.25, -0.2) is 8.42 Å². The third-order valence-corrected chi connectivity index (χ3v) is 5.61. The van der Waals surface area contributed by atoms with Gasteiger partial charge in [-0.2, -0.15) is 4.31 Å². The van der Waals surface area contributed by atoms with Crippen molar-refractivity contribution >= 4 is 10.0 Å². The van der Waals surface area contributed by atoms with Crippen LogP contribution in [0.25, 0.3) is 0 Å². The molecule has 0 aromatic heterocycles. The van der Waals surface area contributed by atoms with E-state index in [4.69, 9.17) is 9.84 Å². The molecule has 1 saturated heterocycles. The minimum atomic E-state index is -3.41. The summed E-state index contributed by atoms with van der Waals surface area (Å²) in [5.41, 5.74) is 0.935. The maximum Gasteiger partial charge on any atom is 0.243 e. The fourth-order valence-corrected chi connectivity index (χ4v) is 3.88. The van der Waals surface area contributed by atoms with Crippen LogP contribution < -0.4 is 0 Å². The lowest BCUT2D eigenvalue weighted by Crippen LogP contribution is -2.40. The molecule has 1 heterocycles. The Hall–Kier alpha value is -0.950. The molecule has 0 unspecified atom stereocenters. The molecule has 1 aliphatic rings. The molecule has 1 aliphatic heterocycles. The maximum atomic E-state index is 12.5. The number of nitrogens with zero attached hydrogens (tertiary/aromatic N) is 1. The second-order valence-corrected chi connectivity index (χ2v) is 6.89. The first-order chi connectivity index (χ1) is 9.57. The number of sulfonamides is 1. The van der Waals surface area contributed by atoms with Gasteiger partial charge in [-0.3, -0.25) is 0 Å². The van der Waals surface area contributed by atoms with Gasteiger partial charge in [0.25, 0.3) is 0 Å². The Kier molecular flexibility index (Phi) is 5.15. The Labute approximate surface area is 120 Å². The molecule has 1 fully saturated rings. The summed E-state index contributed by atoms with van der Waals surface area (Å²) in [6.45, 7) is 1.06. The van der Waals surface area contributed by atoms with Crippen molar-refractivity contribution in [2.45, 2.75) is 30.3 Å². The van der Waals surface area contributed by atoms with Gasteiger partial charge in [0.2, 0.25) is 10.0 Å². The van der Waals surface area contributed by atoms with E-state index < -0.39 is 10.0 Å². The molecule has 0 spiro atoms. The maximum absolute atomic E-state index is 12.5. The molecule has 2 rings (SSSR count). The van der Waals surface area contributed by atoms with Crippen LogP contribution in [0.5, 0.6) is 0 Å². The third-order valence-electron chi connectivity index (χ3n) is 3.70. The summed E-state index contributed by atoms with van der Waals surface area (Å²) >= 11 is 0. The van der Waals surface area contributed by atoms with Crippen molar-refractivity contribution in [1.29, 1.82) is 0 Å². The van der Waals surface area contributed by atoms with Crippen LogP contribution in [0.3, 0.4) is 0 Å². The Bertz CT molecular complexity index is 519. The van der Waals surface area contributed by atoms with Crippen molar-refractivity contribution in [2.75, 3.05) is 26.8 Å².